The van der Waals surface area contributed by atoms with Crippen molar-refractivity contribution >= 4 is 0 Å². The van der Waals surface area contributed by atoms with E-state index in [1.807, 2.05) is 0 Å². The Morgan fingerprint density at radius 2 is 1.81 bits per heavy atom. The lowest BCUT2D eigenvalue weighted by molar-refractivity contribution is 0.0551. The number of halogens is 2. The molecule has 0 bridgehead atoms. The second kappa shape index (κ2) is 5.23. The molecule has 1 aromatic rings. The van der Waals surface area contributed by atoms with Crippen molar-refractivity contribution in [2.24, 2.45) is 5.73 Å². The van der Waals surface area contributed by atoms with Crippen molar-refractivity contribution in [1.82, 2.24) is 0 Å². The molecule has 0 saturated carbocycles. The first-order valence-electron chi connectivity index (χ1n) is 4.98. The van der Waals surface area contributed by atoms with Gasteiger partial charge in [0.2, 0.25) is 0 Å². The van der Waals surface area contributed by atoms with E-state index in [1.54, 1.807) is 0 Å². The molecule has 1 aromatic carbocycles. The van der Waals surface area contributed by atoms with Crippen LogP contribution >= 0.6 is 0 Å². The first-order valence-corrected chi connectivity index (χ1v) is 4.98. The van der Waals surface area contributed by atoms with Crippen LogP contribution < -0.4 is 10.5 Å². The van der Waals surface area contributed by atoms with Crippen LogP contribution in [-0.2, 0) is 6.54 Å². The van der Waals surface area contributed by atoms with Crippen molar-refractivity contribution in [3.05, 3.63) is 29.3 Å². The molecule has 0 amide bonds. The Balaban J connectivity index is 2.96. The third-order valence-electron chi connectivity index (χ3n) is 2.28. The fourth-order valence-corrected chi connectivity index (χ4v) is 1.13. The number of ether oxygens (including phenoxy) is 1. The summed E-state index contributed by atoms with van der Waals surface area (Å²) in [5, 5.41) is 9.17. The van der Waals surface area contributed by atoms with E-state index >= 15 is 0 Å². The lowest BCUT2D eigenvalue weighted by atomic mass is 10.2. The van der Waals surface area contributed by atoms with Gasteiger partial charge < -0.3 is 15.6 Å². The largest absolute Gasteiger partial charge is 0.482 e. The monoisotopic (exact) mass is 231 g/mol. The van der Waals surface area contributed by atoms with Crippen LogP contribution in [0.4, 0.5) is 8.78 Å². The molecular formula is C11H15F2NO2. The molecule has 2 unspecified atom stereocenters. The fourth-order valence-electron chi connectivity index (χ4n) is 1.13. The second-order valence-electron chi connectivity index (χ2n) is 3.66. The van der Waals surface area contributed by atoms with Crippen LogP contribution in [-0.4, -0.2) is 17.3 Å². The molecule has 16 heavy (non-hydrogen) atoms. The Bertz CT molecular complexity index is 346. The van der Waals surface area contributed by atoms with Gasteiger partial charge in [0.15, 0.2) is 17.4 Å². The van der Waals surface area contributed by atoms with E-state index in [1.165, 1.54) is 13.8 Å². The highest BCUT2D eigenvalue weighted by Gasteiger charge is 2.17. The summed E-state index contributed by atoms with van der Waals surface area (Å²) in [4.78, 5) is 0. The number of nitrogens with two attached hydrogens (primary N) is 1. The first-order chi connectivity index (χ1) is 7.45. The highest BCUT2D eigenvalue weighted by molar-refractivity contribution is 5.31. The van der Waals surface area contributed by atoms with Gasteiger partial charge in [-0.3, -0.25) is 0 Å². The molecule has 5 heteroatoms. The average molecular weight is 231 g/mol. The van der Waals surface area contributed by atoms with E-state index in [9.17, 15) is 13.9 Å². The van der Waals surface area contributed by atoms with E-state index < -0.39 is 29.6 Å². The number of aliphatic hydroxyl groups is 1. The Morgan fingerprint density at radius 3 is 2.19 bits per heavy atom. The molecule has 0 fully saturated rings. The van der Waals surface area contributed by atoms with Gasteiger partial charge in [0.25, 0.3) is 0 Å². The van der Waals surface area contributed by atoms with Gasteiger partial charge >= 0.3 is 0 Å². The number of benzene rings is 1. The fraction of sp³-hybridized carbons (Fsp3) is 0.455. The summed E-state index contributed by atoms with van der Waals surface area (Å²) in [6, 6.07) is 2.24. The van der Waals surface area contributed by atoms with Crippen LogP contribution in [0.25, 0.3) is 0 Å². The summed E-state index contributed by atoms with van der Waals surface area (Å²) in [5.74, 6) is -2.11. The van der Waals surface area contributed by atoms with E-state index in [0.29, 0.717) is 5.56 Å². The van der Waals surface area contributed by atoms with Gasteiger partial charge in [-0.1, -0.05) is 0 Å². The molecule has 0 spiro atoms. The zero-order valence-electron chi connectivity index (χ0n) is 9.21. The Hall–Kier alpha value is -1.20. The van der Waals surface area contributed by atoms with Gasteiger partial charge in [-0.05, 0) is 31.5 Å². The van der Waals surface area contributed by atoms with Crippen LogP contribution in [0.2, 0.25) is 0 Å². The molecule has 0 aromatic heterocycles. The van der Waals surface area contributed by atoms with Crippen LogP contribution in [0, 0.1) is 11.6 Å². The summed E-state index contributed by atoms with van der Waals surface area (Å²) in [7, 11) is 0. The van der Waals surface area contributed by atoms with Gasteiger partial charge in [-0.25, -0.2) is 8.78 Å². The minimum atomic E-state index is -0.812. The number of aliphatic hydroxyl groups excluding tert-OH is 1. The van der Waals surface area contributed by atoms with Crippen LogP contribution in [0.5, 0.6) is 5.75 Å². The van der Waals surface area contributed by atoms with Gasteiger partial charge in [0.1, 0.15) is 6.10 Å². The third-order valence-corrected chi connectivity index (χ3v) is 2.28. The molecule has 1 rings (SSSR count). The van der Waals surface area contributed by atoms with Crippen LogP contribution in [0.1, 0.15) is 19.4 Å². The summed E-state index contributed by atoms with van der Waals surface area (Å²) in [6.07, 6.45) is -1.50. The first kappa shape index (κ1) is 12.9. The minimum absolute atomic E-state index is 0.0556. The Morgan fingerprint density at radius 1 is 1.31 bits per heavy atom. The zero-order valence-corrected chi connectivity index (χ0v) is 9.21. The van der Waals surface area contributed by atoms with Crippen molar-refractivity contribution in [2.75, 3.05) is 0 Å². The summed E-state index contributed by atoms with van der Waals surface area (Å²) >= 11 is 0. The predicted octanol–water partition coefficient (Wildman–Crippen LogP) is 1.57. The van der Waals surface area contributed by atoms with Gasteiger partial charge in [-0.2, -0.15) is 0 Å². The van der Waals surface area contributed by atoms with Crippen molar-refractivity contribution in [1.29, 1.82) is 0 Å². The molecule has 90 valence electrons. The molecule has 0 saturated heterocycles. The van der Waals surface area contributed by atoms with Crippen molar-refractivity contribution < 1.29 is 18.6 Å². The maximum Gasteiger partial charge on any atom is 0.191 e. The molecular weight excluding hydrogens is 216 g/mol. The Kier molecular flexibility index (Phi) is 4.20. The highest BCUT2D eigenvalue weighted by atomic mass is 19.1. The van der Waals surface area contributed by atoms with E-state index in [0.717, 1.165) is 12.1 Å². The second-order valence-corrected chi connectivity index (χ2v) is 3.66. The van der Waals surface area contributed by atoms with E-state index in [2.05, 4.69) is 0 Å². The topological polar surface area (TPSA) is 55.5 Å². The molecule has 0 aliphatic carbocycles. The van der Waals surface area contributed by atoms with Crippen molar-refractivity contribution in [2.45, 2.75) is 32.6 Å². The lowest BCUT2D eigenvalue weighted by Crippen LogP contribution is -2.26. The van der Waals surface area contributed by atoms with Gasteiger partial charge in [-0.15, -0.1) is 0 Å². The van der Waals surface area contributed by atoms with Crippen LogP contribution in [0.15, 0.2) is 12.1 Å². The average Bonchev–Trinajstić information content (AvgIpc) is 2.22. The molecule has 0 aliphatic heterocycles. The Labute approximate surface area is 92.8 Å². The van der Waals surface area contributed by atoms with Crippen LogP contribution in [0.3, 0.4) is 0 Å². The number of hydrogen-bond acceptors (Lipinski definition) is 3. The minimum Gasteiger partial charge on any atom is -0.482 e. The summed E-state index contributed by atoms with van der Waals surface area (Å²) in [6.45, 7) is 3.06. The normalized spacial score (nSPS) is 14.6. The molecule has 0 aliphatic rings. The van der Waals surface area contributed by atoms with E-state index in [-0.39, 0.29) is 6.54 Å². The summed E-state index contributed by atoms with van der Waals surface area (Å²) in [5.41, 5.74) is 5.63. The smallest absolute Gasteiger partial charge is 0.191 e. The van der Waals surface area contributed by atoms with Crippen molar-refractivity contribution in [3.8, 4) is 5.75 Å². The lowest BCUT2D eigenvalue weighted by Gasteiger charge is -2.18. The highest BCUT2D eigenvalue weighted by Crippen LogP contribution is 2.24. The SMILES string of the molecule is CC(O)C(C)Oc1c(F)cc(CN)cc1F. The molecule has 2 atom stereocenters. The predicted molar refractivity (Wildman–Crippen MR) is 56.0 cm³/mol. The summed E-state index contributed by atoms with van der Waals surface area (Å²) < 4.78 is 31.8. The quantitative estimate of drug-likeness (QED) is 0.827. The number of rotatable bonds is 4. The molecule has 3 nitrogen and oxygen atoms in total. The molecule has 0 radical (unpaired) electrons. The number of hydrogen-bond donors (Lipinski definition) is 2. The molecule has 3 N–H and O–H groups in total. The standard InChI is InChI=1S/C11H15F2NO2/c1-6(15)7(2)16-11-9(12)3-8(5-14)4-10(11)13/h3-4,6-7,15H,5,14H2,1-2H3. The van der Waals surface area contributed by atoms with Crippen molar-refractivity contribution in [3.63, 3.8) is 0 Å². The zero-order chi connectivity index (χ0) is 12.3. The van der Waals surface area contributed by atoms with Gasteiger partial charge in [0, 0.05) is 6.54 Å². The third kappa shape index (κ3) is 2.90. The maximum absolute atomic E-state index is 13.4. The molecule has 0 heterocycles. The van der Waals surface area contributed by atoms with E-state index in [4.69, 9.17) is 10.5 Å². The maximum atomic E-state index is 13.4. The van der Waals surface area contributed by atoms with Gasteiger partial charge in [0.05, 0.1) is 6.10 Å².